The first-order chi connectivity index (χ1) is 10.6. The SMILES string of the molecule is Cc1ccc(C2(N)CCC(O)CC2)cc1NC(=O)OC(C)(C)C. The largest absolute Gasteiger partial charge is 0.444 e. The molecule has 1 aromatic rings. The van der Waals surface area contributed by atoms with Crippen LogP contribution in [0.3, 0.4) is 0 Å². The van der Waals surface area contributed by atoms with Crippen LogP contribution >= 0.6 is 0 Å². The number of nitrogens with one attached hydrogen (secondary N) is 1. The Morgan fingerprint density at radius 2 is 1.96 bits per heavy atom. The fourth-order valence-corrected chi connectivity index (χ4v) is 2.89. The summed E-state index contributed by atoms with van der Waals surface area (Å²) in [6.07, 6.45) is 2.17. The highest BCUT2D eigenvalue weighted by Crippen LogP contribution is 2.36. The number of carbonyl (C=O) groups excluding carboxylic acids is 1. The van der Waals surface area contributed by atoms with Crippen LogP contribution in [0.15, 0.2) is 18.2 Å². The number of amides is 1. The topological polar surface area (TPSA) is 84.6 Å². The van der Waals surface area contributed by atoms with Gasteiger partial charge in [0.25, 0.3) is 0 Å². The number of carbonyl (C=O) groups is 1. The van der Waals surface area contributed by atoms with E-state index in [1.54, 1.807) is 0 Å². The molecule has 0 atom stereocenters. The van der Waals surface area contributed by atoms with E-state index in [1.165, 1.54) is 0 Å². The number of benzene rings is 1. The lowest BCUT2D eigenvalue weighted by molar-refractivity contribution is 0.0636. The monoisotopic (exact) mass is 320 g/mol. The van der Waals surface area contributed by atoms with Crippen LogP contribution < -0.4 is 11.1 Å². The number of hydrogen-bond acceptors (Lipinski definition) is 4. The number of aliphatic hydroxyl groups is 1. The Balaban J connectivity index is 2.17. The van der Waals surface area contributed by atoms with E-state index in [1.807, 2.05) is 45.9 Å². The van der Waals surface area contributed by atoms with Gasteiger partial charge in [0.15, 0.2) is 0 Å². The van der Waals surface area contributed by atoms with E-state index in [-0.39, 0.29) is 6.10 Å². The van der Waals surface area contributed by atoms with E-state index in [0.29, 0.717) is 18.5 Å². The van der Waals surface area contributed by atoms with Crippen molar-refractivity contribution in [2.24, 2.45) is 5.73 Å². The number of aryl methyl sites for hydroxylation is 1. The minimum Gasteiger partial charge on any atom is -0.444 e. The summed E-state index contributed by atoms with van der Waals surface area (Å²) in [7, 11) is 0. The molecule has 128 valence electrons. The average molecular weight is 320 g/mol. The van der Waals surface area contributed by atoms with E-state index < -0.39 is 17.2 Å². The molecule has 1 aliphatic rings. The zero-order valence-electron chi connectivity index (χ0n) is 14.5. The maximum absolute atomic E-state index is 12.0. The molecule has 1 fully saturated rings. The second-order valence-electron chi connectivity index (χ2n) is 7.54. The van der Waals surface area contributed by atoms with Crippen molar-refractivity contribution in [2.45, 2.75) is 70.6 Å². The lowest BCUT2D eigenvalue weighted by Crippen LogP contribution is -2.41. The Hall–Kier alpha value is -1.59. The molecule has 5 heteroatoms. The van der Waals surface area contributed by atoms with E-state index in [4.69, 9.17) is 10.5 Å². The van der Waals surface area contributed by atoms with Crippen LogP contribution in [0, 0.1) is 6.92 Å². The molecule has 2 rings (SSSR count). The molecule has 0 bridgehead atoms. The molecular formula is C18H28N2O3. The second kappa shape index (κ2) is 6.49. The first kappa shape index (κ1) is 17.8. The van der Waals surface area contributed by atoms with Gasteiger partial charge in [0, 0.05) is 11.2 Å². The molecule has 1 aromatic carbocycles. The molecule has 1 saturated carbocycles. The summed E-state index contributed by atoms with van der Waals surface area (Å²) in [5.74, 6) is 0. The number of hydrogen-bond donors (Lipinski definition) is 3. The van der Waals surface area contributed by atoms with Gasteiger partial charge in [-0.05, 0) is 70.6 Å². The molecule has 5 nitrogen and oxygen atoms in total. The maximum atomic E-state index is 12.0. The molecular weight excluding hydrogens is 292 g/mol. The Labute approximate surface area is 138 Å². The van der Waals surface area contributed by atoms with Crippen molar-refractivity contribution in [3.8, 4) is 0 Å². The van der Waals surface area contributed by atoms with Crippen LogP contribution in [0.5, 0.6) is 0 Å². The van der Waals surface area contributed by atoms with Crippen LogP contribution in [0.1, 0.15) is 57.6 Å². The van der Waals surface area contributed by atoms with Crippen molar-refractivity contribution < 1.29 is 14.6 Å². The number of anilines is 1. The number of ether oxygens (including phenoxy) is 1. The van der Waals surface area contributed by atoms with Crippen LogP contribution in [-0.2, 0) is 10.3 Å². The van der Waals surface area contributed by atoms with Gasteiger partial charge in [0.1, 0.15) is 5.60 Å². The van der Waals surface area contributed by atoms with Gasteiger partial charge in [-0.3, -0.25) is 5.32 Å². The standard InChI is InChI=1S/C18H28N2O3/c1-12-5-6-13(18(19)9-7-14(21)8-10-18)11-15(12)20-16(22)23-17(2,3)4/h5-6,11,14,21H,7-10,19H2,1-4H3,(H,20,22). The van der Waals surface area contributed by atoms with Crippen molar-refractivity contribution in [3.05, 3.63) is 29.3 Å². The summed E-state index contributed by atoms with van der Waals surface area (Å²) in [4.78, 5) is 12.0. The van der Waals surface area contributed by atoms with Crippen LogP contribution in [0.2, 0.25) is 0 Å². The van der Waals surface area contributed by atoms with Crippen molar-refractivity contribution in [2.75, 3.05) is 5.32 Å². The van der Waals surface area contributed by atoms with Crippen LogP contribution in [0.4, 0.5) is 10.5 Å². The van der Waals surface area contributed by atoms with Gasteiger partial charge in [0.2, 0.25) is 0 Å². The lowest BCUT2D eigenvalue weighted by Gasteiger charge is -2.36. The van der Waals surface area contributed by atoms with Crippen LogP contribution in [-0.4, -0.2) is 22.9 Å². The van der Waals surface area contributed by atoms with Gasteiger partial charge >= 0.3 is 6.09 Å². The molecule has 23 heavy (non-hydrogen) atoms. The summed E-state index contributed by atoms with van der Waals surface area (Å²) in [6, 6.07) is 5.89. The van der Waals surface area contributed by atoms with Crippen molar-refractivity contribution in [1.82, 2.24) is 0 Å². The van der Waals surface area contributed by atoms with Gasteiger partial charge < -0.3 is 15.6 Å². The molecule has 0 unspecified atom stereocenters. The Bertz CT molecular complexity index is 570. The summed E-state index contributed by atoms with van der Waals surface area (Å²) in [5.41, 5.74) is 8.21. The second-order valence-corrected chi connectivity index (χ2v) is 7.54. The van der Waals surface area contributed by atoms with Gasteiger partial charge in [0.05, 0.1) is 6.10 Å². The minimum atomic E-state index is -0.538. The summed E-state index contributed by atoms with van der Waals surface area (Å²) in [6.45, 7) is 7.43. The van der Waals surface area contributed by atoms with Crippen LogP contribution in [0.25, 0.3) is 0 Å². The first-order valence-electron chi connectivity index (χ1n) is 8.17. The summed E-state index contributed by atoms with van der Waals surface area (Å²) in [5, 5.41) is 12.5. The summed E-state index contributed by atoms with van der Waals surface area (Å²) < 4.78 is 5.31. The fourth-order valence-electron chi connectivity index (χ4n) is 2.89. The zero-order chi connectivity index (χ0) is 17.3. The zero-order valence-corrected chi connectivity index (χ0v) is 14.5. The average Bonchev–Trinajstić information content (AvgIpc) is 2.42. The number of nitrogens with two attached hydrogens (primary N) is 1. The third-order valence-electron chi connectivity index (χ3n) is 4.30. The Morgan fingerprint density at radius 3 is 2.52 bits per heavy atom. The smallest absolute Gasteiger partial charge is 0.412 e. The van der Waals surface area contributed by atoms with Gasteiger partial charge in [-0.25, -0.2) is 4.79 Å². The van der Waals surface area contributed by atoms with Crippen molar-refractivity contribution in [3.63, 3.8) is 0 Å². The minimum absolute atomic E-state index is 0.253. The van der Waals surface area contributed by atoms with E-state index in [9.17, 15) is 9.90 Å². The lowest BCUT2D eigenvalue weighted by atomic mass is 9.76. The third kappa shape index (κ3) is 4.69. The first-order valence-corrected chi connectivity index (χ1v) is 8.17. The van der Waals surface area contributed by atoms with Gasteiger partial charge in [-0.15, -0.1) is 0 Å². The fraction of sp³-hybridized carbons (Fsp3) is 0.611. The quantitative estimate of drug-likeness (QED) is 0.779. The van der Waals surface area contributed by atoms with Crippen molar-refractivity contribution >= 4 is 11.8 Å². The van der Waals surface area contributed by atoms with Gasteiger partial charge in [-0.1, -0.05) is 12.1 Å². The molecule has 0 aliphatic heterocycles. The molecule has 4 N–H and O–H groups in total. The molecule has 1 aliphatic carbocycles. The predicted molar refractivity (Wildman–Crippen MR) is 91.4 cm³/mol. The van der Waals surface area contributed by atoms with Crippen molar-refractivity contribution in [1.29, 1.82) is 0 Å². The molecule has 0 aromatic heterocycles. The Kier molecular flexibility index (Phi) is 5.01. The number of rotatable bonds is 2. The molecule has 0 saturated heterocycles. The highest BCUT2D eigenvalue weighted by atomic mass is 16.6. The van der Waals surface area contributed by atoms with E-state index in [0.717, 1.165) is 24.0 Å². The Morgan fingerprint density at radius 1 is 1.35 bits per heavy atom. The predicted octanol–water partition coefficient (Wildman–Crippen LogP) is 3.43. The highest BCUT2D eigenvalue weighted by molar-refractivity contribution is 5.86. The van der Waals surface area contributed by atoms with E-state index in [2.05, 4.69) is 5.32 Å². The number of aliphatic hydroxyl groups excluding tert-OH is 1. The van der Waals surface area contributed by atoms with E-state index >= 15 is 0 Å². The molecule has 0 heterocycles. The van der Waals surface area contributed by atoms with Gasteiger partial charge in [-0.2, -0.15) is 0 Å². The maximum Gasteiger partial charge on any atom is 0.412 e. The normalized spacial score (nSPS) is 25.0. The third-order valence-corrected chi connectivity index (χ3v) is 4.30. The molecule has 0 spiro atoms. The molecule has 0 radical (unpaired) electrons. The summed E-state index contributed by atoms with van der Waals surface area (Å²) >= 11 is 0. The highest BCUT2D eigenvalue weighted by Gasteiger charge is 2.33. The molecule has 1 amide bonds.